The van der Waals surface area contributed by atoms with Gasteiger partial charge in [-0.25, -0.2) is 0 Å². The van der Waals surface area contributed by atoms with Gasteiger partial charge in [0.15, 0.2) is 5.65 Å². The molecular formula is C21H18N6O3S. The van der Waals surface area contributed by atoms with Crippen LogP contribution in [0.5, 0.6) is 0 Å². The average Bonchev–Trinajstić information content (AvgIpc) is 3.16. The van der Waals surface area contributed by atoms with Crippen LogP contribution >= 0.6 is 11.8 Å². The maximum Gasteiger partial charge on any atom is 0.270 e. The lowest BCUT2D eigenvalue weighted by Crippen LogP contribution is -2.15. The predicted molar refractivity (Wildman–Crippen MR) is 118 cm³/mol. The van der Waals surface area contributed by atoms with Crippen molar-refractivity contribution >= 4 is 34.7 Å². The molecule has 31 heavy (non-hydrogen) atoms. The van der Waals surface area contributed by atoms with Gasteiger partial charge in [-0.2, -0.15) is 9.61 Å². The van der Waals surface area contributed by atoms with E-state index < -0.39 is 4.92 Å². The quantitative estimate of drug-likeness (QED) is 0.276. The summed E-state index contributed by atoms with van der Waals surface area (Å²) < 4.78 is 1.53. The number of aromatic nitrogens is 4. The lowest BCUT2D eigenvalue weighted by Gasteiger charge is -2.08. The number of benzene rings is 2. The second-order valence-corrected chi connectivity index (χ2v) is 7.88. The molecule has 2 aromatic heterocycles. The third-order valence-electron chi connectivity index (χ3n) is 4.58. The Kier molecular flexibility index (Phi) is 5.63. The number of thioether (sulfide) groups is 1. The van der Waals surface area contributed by atoms with Crippen molar-refractivity contribution in [3.05, 3.63) is 75.8 Å². The molecule has 2 heterocycles. The number of hydrogen-bond acceptors (Lipinski definition) is 7. The molecule has 0 atom stereocenters. The highest BCUT2D eigenvalue weighted by molar-refractivity contribution is 7.99. The highest BCUT2D eigenvalue weighted by atomic mass is 32.2. The van der Waals surface area contributed by atoms with E-state index in [1.807, 2.05) is 32.0 Å². The summed E-state index contributed by atoms with van der Waals surface area (Å²) in [4.78, 5) is 23.0. The molecule has 9 nitrogen and oxygen atoms in total. The van der Waals surface area contributed by atoms with Crippen molar-refractivity contribution in [1.82, 2.24) is 19.8 Å². The van der Waals surface area contributed by atoms with E-state index in [9.17, 15) is 14.9 Å². The minimum atomic E-state index is -0.448. The van der Waals surface area contributed by atoms with Gasteiger partial charge in [-0.05, 0) is 37.6 Å². The number of nitrogens with one attached hydrogen (secondary N) is 1. The number of aryl methyl sites for hydroxylation is 2. The Labute approximate surface area is 181 Å². The van der Waals surface area contributed by atoms with Gasteiger partial charge in [0.1, 0.15) is 0 Å². The molecule has 4 rings (SSSR count). The monoisotopic (exact) mass is 434 g/mol. The van der Waals surface area contributed by atoms with Crippen molar-refractivity contribution in [3.8, 4) is 11.3 Å². The second kappa shape index (κ2) is 8.52. The summed E-state index contributed by atoms with van der Waals surface area (Å²) in [5.41, 5.74) is 4.55. The Morgan fingerprint density at radius 1 is 1.13 bits per heavy atom. The van der Waals surface area contributed by atoms with Crippen molar-refractivity contribution in [2.45, 2.75) is 19.0 Å². The molecule has 0 saturated carbocycles. The molecule has 0 aliphatic rings. The number of rotatable bonds is 6. The zero-order valence-electron chi connectivity index (χ0n) is 16.8. The number of carbonyl (C=O) groups is 1. The number of non-ortho nitro benzene ring substituents is 1. The molecule has 0 aliphatic carbocycles. The molecule has 1 amide bonds. The van der Waals surface area contributed by atoms with Crippen LogP contribution in [0.15, 0.2) is 59.8 Å². The number of carbonyl (C=O) groups excluding carboxylic acids is 1. The smallest absolute Gasteiger partial charge is 0.270 e. The van der Waals surface area contributed by atoms with E-state index in [2.05, 4.69) is 20.6 Å². The van der Waals surface area contributed by atoms with Crippen molar-refractivity contribution < 1.29 is 9.72 Å². The SMILES string of the molecule is Cc1ccc(NC(=O)CSc2nnc3ccc(-c4cccc([N+](=O)[O-])c4)nn23)c(C)c1. The topological polar surface area (TPSA) is 115 Å². The van der Waals surface area contributed by atoms with Gasteiger partial charge >= 0.3 is 0 Å². The van der Waals surface area contributed by atoms with E-state index in [-0.39, 0.29) is 17.3 Å². The lowest BCUT2D eigenvalue weighted by atomic mass is 10.1. The molecule has 0 radical (unpaired) electrons. The van der Waals surface area contributed by atoms with Crippen molar-refractivity contribution in [2.75, 3.05) is 11.1 Å². The molecule has 0 unspecified atom stereocenters. The van der Waals surface area contributed by atoms with Crippen LogP contribution < -0.4 is 5.32 Å². The standard InChI is InChI=1S/C21H18N6O3S/c1-13-6-7-17(14(2)10-13)22-20(28)12-31-21-24-23-19-9-8-18(25-26(19)21)15-4-3-5-16(11-15)27(29)30/h3-11H,12H2,1-2H3,(H,22,28). The van der Waals surface area contributed by atoms with E-state index in [1.54, 1.807) is 24.3 Å². The maximum absolute atomic E-state index is 12.4. The van der Waals surface area contributed by atoms with Crippen molar-refractivity contribution in [1.29, 1.82) is 0 Å². The fourth-order valence-electron chi connectivity index (χ4n) is 3.06. The van der Waals surface area contributed by atoms with Crippen molar-refractivity contribution in [2.24, 2.45) is 0 Å². The maximum atomic E-state index is 12.4. The third kappa shape index (κ3) is 4.53. The summed E-state index contributed by atoms with van der Waals surface area (Å²) in [5.74, 6) is -0.0276. The first-order valence-corrected chi connectivity index (χ1v) is 10.4. The first-order valence-electron chi connectivity index (χ1n) is 9.38. The normalized spacial score (nSPS) is 10.9. The summed E-state index contributed by atoms with van der Waals surface area (Å²) in [5, 5.41) is 27.1. The third-order valence-corrected chi connectivity index (χ3v) is 5.49. The van der Waals surface area contributed by atoms with E-state index in [0.717, 1.165) is 16.8 Å². The Hall–Kier alpha value is -3.79. The zero-order valence-corrected chi connectivity index (χ0v) is 17.6. The van der Waals surface area contributed by atoms with E-state index in [1.165, 1.54) is 28.4 Å². The molecule has 0 spiro atoms. The summed E-state index contributed by atoms with van der Waals surface area (Å²) >= 11 is 1.21. The minimum absolute atomic E-state index is 0.0131. The fraction of sp³-hybridized carbons (Fsp3) is 0.143. The lowest BCUT2D eigenvalue weighted by molar-refractivity contribution is -0.384. The molecule has 0 aliphatic heterocycles. The average molecular weight is 434 g/mol. The van der Waals surface area contributed by atoms with Crippen LogP contribution in [0.4, 0.5) is 11.4 Å². The fourth-order valence-corrected chi connectivity index (χ4v) is 3.75. The molecule has 4 aromatic rings. The van der Waals surface area contributed by atoms with Crippen LogP contribution in [0.1, 0.15) is 11.1 Å². The number of hydrogen-bond donors (Lipinski definition) is 1. The van der Waals surface area contributed by atoms with Gasteiger partial charge in [-0.15, -0.1) is 10.2 Å². The van der Waals surface area contributed by atoms with Crippen LogP contribution in [0.2, 0.25) is 0 Å². The van der Waals surface area contributed by atoms with Gasteiger partial charge in [-0.1, -0.05) is 41.6 Å². The van der Waals surface area contributed by atoms with E-state index in [4.69, 9.17) is 0 Å². The highest BCUT2D eigenvalue weighted by Gasteiger charge is 2.14. The zero-order chi connectivity index (χ0) is 22.0. The Balaban J connectivity index is 1.52. The number of nitrogens with zero attached hydrogens (tertiary/aromatic N) is 5. The summed E-state index contributed by atoms with van der Waals surface area (Å²) in [6, 6.07) is 15.5. The van der Waals surface area contributed by atoms with Crippen LogP contribution in [0.25, 0.3) is 16.9 Å². The van der Waals surface area contributed by atoms with Crippen LogP contribution in [-0.4, -0.2) is 36.4 Å². The number of anilines is 1. The summed E-state index contributed by atoms with van der Waals surface area (Å²) in [7, 11) is 0. The first kappa shape index (κ1) is 20.5. The molecule has 10 heteroatoms. The molecule has 0 bridgehead atoms. The number of fused-ring (bicyclic) bond motifs is 1. The van der Waals surface area contributed by atoms with E-state index >= 15 is 0 Å². The Bertz CT molecular complexity index is 1300. The Morgan fingerprint density at radius 3 is 2.74 bits per heavy atom. The van der Waals surface area contributed by atoms with Crippen LogP contribution in [0, 0.1) is 24.0 Å². The van der Waals surface area contributed by atoms with Gasteiger partial charge in [0.25, 0.3) is 5.69 Å². The Morgan fingerprint density at radius 2 is 1.97 bits per heavy atom. The van der Waals surface area contributed by atoms with Gasteiger partial charge in [0, 0.05) is 23.4 Å². The van der Waals surface area contributed by atoms with Gasteiger partial charge in [0.2, 0.25) is 11.1 Å². The molecule has 2 aromatic carbocycles. The van der Waals surface area contributed by atoms with E-state index in [0.29, 0.717) is 22.1 Å². The largest absolute Gasteiger partial charge is 0.325 e. The molecule has 0 saturated heterocycles. The number of nitro benzene ring substituents is 1. The molecule has 0 fully saturated rings. The van der Waals surface area contributed by atoms with Gasteiger partial charge in [-0.3, -0.25) is 14.9 Å². The molecule has 1 N–H and O–H groups in total. The molecular weight excluding hydrogens is 416 g/mol. The molecule has 156 valence electrons. The predicted octanol–water partition coefficient (Wildman–Crippen LogP) is 4.05. The van der Waals surface area contributed by atoms with Crippen LogP contribution in [-0.2, 0) is 4.79 Å². The van der Waals surface area contributed by atoms with Crippen LogP contribution in [0.3, 0.4) is 0 Å². The minimum Gasteiger partial charge on any atom is -0.325 e. The summed E-state index contributed by atoms with van der Waals surface area (Å²) in [6.45, 7) is 3.95. The van der Waals surface area contributed by atoms with Gasteiger partial charge in [0.05, 0.1) is 16.4 Å². The first-order chi connectivity index (χ1) is 14.9. The highest BCUT2D eigenvalue weighted by Crippen LogP contribution is 2.24. The number of amides is 1. The van der Waals surface area contributed by atoms with Crippen molar-refractivity contribution in [3.63, 3.8) is 0 Å². The second-order valence-electron chi connectivity index (χ2n) is 6.93. The van der Waals surface area contributed by atoms with Gasteiger partial charge < -0.3 is 5.32 Å². The number of nitro groups is 1. The summed E-state index contributed by atoms with van der Waals surface area (Å²) in [6.07, 6.45) is 0.